The standard InChI is InChI=1S/C24H25ClN8O2/c1-32(2)31-24-15(14-34)18(27-17-7-4-6-16(25)23(17)35-3)12-22(30-24)29-21-9-8-20(19(13-26)28-21)33-10-5-11-33/h4,6-9,12,14H,5,10-11H2,1-3H3,(H3,27,28,29,30,31). The average Bonchev–Trinajstić information content (AvgIpc) is 2.78. The number of aldehydes is 1. The molecule has 1 aliphatic rings. The highest BCUT2D eigenvalue weighted by atomic mass is 35.5. The van der Waals surface area contributed by atoms with Gasteiger partial charge in [0.25, 0.3) is 0 Å². The molecule has 0 amide bonds. The Bertz CT molecular complexity index is 1290. The number of hydrazine groups is 1. The Morgan fingerprint density at radius 3 is 2.57 bits per heavy atom. The van der Waals surface area contributed by atoms with Gasteiger partial charge in [0.2, 0.25) is 0 Å². The van der Waals surface area contributed by atoms with Gasteiger partial charge in [-0.25, -0.2) is 15.0 Å². The van der Waals surface area contributed by atoms with Crippen LogP contribution in [0.2, 0.25) is 5.02 Å². The number of para-hydroxylation sites is 1. The lowest BCUT2D eigenvalue weighted by atomic mass is 10.1. The molecule has 3 N–H and O–H groups in total. The molecule has 1 saturated heterocycles. The number of pyridine rings is 2. The van der Waals surface area contributed by atoms with Gasteiger partial charge in [-0.2, -0.15) is 5.26 Å². The summed E-state index contributed by atoms with van der Waals surface area (Å²) in [5.74, 6) is 1.65. The number of rotatable bonds is 9. The summed E-state index contributed by atoms with van der Waals surface area (Å²) in [4.78, 5) is 23.2. The first-order chi connectivity index (χ1) is 16.9. The van der Waals surface area contributed by atoms with Crippen molar-refractivity contribution >= 4 is 52.4 Å². The van der Waals surface area contributed by atoms with Gasteiger partial charge in [0.1, 0.15) is 17.7 Å². The van der Waals surface area contributed by atoms with Crippen LogP contribution in [-0.2, 0) is 0 Å². The van der Waals surface area contributed by atoms with Crippen molar-refractivity contribution in [1.29, 1.82) is 5.26 Å². The Balaban J connectivity index is 1.73. The highest BCUT2D eigenvalue weighted by Crippen LogP contribution is 2.37. The van der Waals surface area contributed by atoms with Crippen LogP contribution in [0.4, 0.5) is 34.5 Å². The molecule has 35 heavy (non-hydrogen) atoms. The maximum atomic E-state index is 12.1. The molecule has 0 spiro atoms. The van der Waals surface area contributed by atoms with Gasteiger partial charge in [-0.15, -0.1) is 0 Å². The van der Waals surface area contributed by atoms with Crippen molar-refractivity contribution in [1.82, 2.24) is 15.0 Å². The van der Waals surface area contributed by atoms with E-state index in [0.717, 1.165) is 31.5 Å². The molecule has 0 radical (unpaired) electrons. The third-order valence-corrected chi connectivity index (χ3v) is 5.68. The lowest BCUT2D eigenvalue weighted by Crippen LogP contribution is -2.37. The Kier molecular flexibility index (Phi) is 7.19. The zero-order valence-electron chi connectivity index (χ0n) is 19.6. The summed E-state index contributed by atoms with van der Waals surface area (Å²) in [6.07, 6.45) is 1.82. The number of halogens is 1. The van der Waals surface area contributed by atoms with Gasteiger partial charge in [0, 0.05) is 33.3 Å². The number of nitrogens with zero attached hydrogens (tertiary/aromatic N) is 5. The second-order valence-electron chi connectivity index (χ2n) is 8.03. The summed E-state index contributed by atoms with van der Waals surface area (Å²) in [7, 11) is 5.10. The quantitative estimate of drug-likeness (QED) is 0.292. The van der Waals surface area contributed by atoms with Gasteiger partial charge in [-0.05, 0) is 30.7 Å². The summed E-state index contributed by atoms with van der Waals surface area (Å²) in [6, 6.07) is 12.8. The zero-order valence-corrected chi connectivity index (χ0v) is 20.3. The van der Waals surface area contributed by atoms with E-state index in [1.165, 1.54) is 7.11 Å². The molecule has 10 nitrogen and oxygen atoms in total. The Morgan fingerprint density at radius 2 is 1.94 bits per heavy atom. The molecular formula is C24H25ClN8O2. The number of hydrogen-bond donors (Lipinski definition) is 3. The van der Waals surface area contributed by atoms with E-state index in [0.29, 0.717) is 50.9 Å². The number of anilines is 6. The first-order valence-electron chi connectivity index (χ1n) is 10.9. The number of aromatic nitrogens is 2. The van der Waals surface area contributed by atoms with Crippen molar-refractivity contribution in [3.63, 3.8) is 0 Å². The molecule has 3 heterocycles. The van der Waals surface area contributed by atoms with Crippen LogP contribution >= 0.6 is 11.6 Å². The summed E-state index contributed by atoms with van der Waals surface area (Å²) in [5, 5.41) is 18.1. The number of nitrogens with one attached hydrogen (secondary N) is 3. The fraction of sp³-hybridized carbons (Fsp3) is 0.250. The number of carbonyl (C=O) groups excluding carboxylic acids is 1. The van der Waals surface area contributed by atoms with Crippen LogP contribution in [0, 0.1) is 11.3 Å². The average molecular weight is 493 g/mol. The predicted molar refractivity (Wildman–Crippen MR) is 137 cm³/mol. The van der Waals surface area contributed by atoms with E-state index in [2.05, 4.69) is 37.0 Å². The van der Waals surface area contributed by atoms with E-state index in [1.54, 1.807) is 49.4 Å². The normalized spacial score (nSPS) is 12.5. The Morgan fingerprint density at radius 1 is 1.14 bits per heavy atom. The summed E-state index contributed by atoms with van der Waals surface area (Å²) in [6.45, 7) is 1.83. The molecular weight excluding hydrogens is 468 g/mol. The van der Waals surface area contributed by atoms with Crippen molar-refractivity contribution < 1.29 is 9.53 Å². The molecule has 1 aromatic carbocycles. The number of methoxy groups -OCH3 is 1. The van der Waals surface area contributed by atoms with E-state index < -0.39 is 0 Å². The van der Waals surface area contributed by atoms with Crippen molar-refractivity contribution in [3.05, 3.63) is 52.7 Å². The number of nitriles is 1. The van der Waals surface area contributed by atoms with Gasteiger partial charge in [0.15, 0.2) is 23.5 Å². The molecule has 0 atom stereocenters. The summed E-state index contributed by atoms with van der Waals surface area (Å²) < 4.78 is 5.43. The number of hydrogen-bond acceptors (Lipinski definition) is 10. The molecule has 0 saturated carbocycles. The number of carbonyl (C=O) groups is 1. The summed E-state index contributed by atoms with van der Waals surface area (Å²) in [5.41, 5.74) is 5.58. The highest BCUT2D eigenvalue weighted by Gasteiger charge is 2.20. The predicted octanol–water partition coefficient (Wildman–Crippen LogP) is 4.41. The van der Waals surface area contributed by atoms with Gasteiger partial charge >= 0.3 is 0 Å². The van der Waals surface area contributed by atoms with Crippen LogP contribution < -0.4 is 25.7 Å². The number of benzene rings is 1. The fourth-order valence-corrected chi connectivity index (χ4v) is 3.90. The van der Waals surface area contributed by atoms with Crippen LogP contribution in [0.5, 0.6) is 5.75 Å². The molecule has 180 valence electrons. The van der Waals surface area contributed by atoms with Crippen molar-refractivity contribution in [2.45, 2.75) is 6.42 Å². The van der Waals surface area contributed by atoms with Crippen molar-refractivity contribution in [2.75, 3.05) is 55.3 Å². The van der Waals surface area contributed by atoms with Crippen LogP contribution in [0.3, 0.4) is 0 Å². The lowest BCUT2D eigenvalue weighted by Gasteiger charge is -2.33. The summed E-state index contributed by atoms with van der Waals surface area (Å²) >= 11 is 6.27. The molecule has 0 aliphatic carbocycles. The lowest BCUT2D eigenvalue weighted by molar-refractivity contribution is 0.112. The van der Waals surface area contributed by atoms with Crippen molar-refractivity contribution in [2.24, 2.45) is 0 Å². The zero-order chi connectivity index (χ0) is 24.9. The van der Waals surface area contributed by atoms with Gasteiger partial charge in [-0.3, -0.25) is 4.79 Å². The van der Waals surface area contributed by atoms with E-state index in [9.17, 15) is 10.1 Å². The molecule has 3 aromatic rings. The second kappa shape index (κ2) is 10.5. The molecule has 4 rings (SSSR count). The van der Waals surface area contributed by atoms with E-state index >= 15 is 0 Å². The van der Waals surface area contributed by atoms with E-state index in [1.807, 2.05) is 6.07 Å². The smallest absolute Gasteiger partial charge is 0.166 e. The maximum Gasteiger partial charge on any atom is 0.166 e. The minimum absolute atomic E-state index is 0.310. The first-order valence-corrected chi connectivity index (χ1v) is 11.3. The molecule has 0 bridgehead atoms. The second-order valence-corrected chi connectivity index (χ2v) is 8.44. The van der Waals surface area contributed by atoms with Crippen molar-refractivity contribution in [3.8, 4) is 11.8 Å². The Hall–Kier alpha value is -4.07. The van der Waals surface area contributed by atoms with Gasteiger partial charge in [-0.1, -0.05) is 17.7 Å². The van der Waals surface area contributed by atoms with Crippen LogP contribution in [0.25, 0.3) is 0 Å². The van der Waals surface area contributed by atoms with Crippen LogP contribution in [0.15, 0.2) is 36.4 Å². The first kappa shape index (κ1) is 24.1. The molecule has 1 aliphatic heterocycles. The molecule has 11 heteroatoms. The van der Waals surface area contributed by atoms with Crippen LogP contribution in [-0.4, -0.2) is 55.6 Å². The van der Waals surface area contributed by atoms with E-state index in [-0.39, 0.29) is 0 Å². The molecule has 2 aromatic heterocycles. The van der Waals surface area contributed by atoms with E-state index in [4.69, 9.17) is 16.3 Å². The minimum Gasteiger partial charge on any atom is -0.493 e. The third-order valence-electron chi connectivity index (χ3n) is 5.38. The Labute approximate surface area is 208 Å². The van der Waals surface area contributed by atoms with Gasteiger partial charge in [0.05, 0.1) is 34.8 Å². The SMILES string of the molecule is COc1c(Cl)cccc1Nc1cc(Nc2ccc(N3CCC3)c(C#N)n2)nc(NN(C)C)c1C=O. The minimum atomic E-state index is 0.310. The van der Waals surface area contributed by atoms with Crippen LogP contribution in [0.1, 0.15) is 22.5 Å². The monoisotopic (exact) mass is 492 g/mol. The molecule has 0 unspecified atom stereocenters. The van der Waals surface area contributed by atoms with Gasteiger partial charge < -0.3 is 25.7 Å². The fourth-order valence-electron chi connectivity index (χ4n) is 3.65. The maximum absolute atomic E-state index is 12.1. The highest BCUT2D eigenvalue weighted by molar-refractivity contribution is 6.32. The largest absolute Gasteiger partial charge is 0.493 e. The topological polar surface area (TPSA) is 118 Å². The molecule has 1 fully saturated rings. The third kappa shape index (κ3) is 5.21. The number of ether oxygens (including phenoxy) is 1.